The Morgan fingerprint density at radius 1 is 0.645 bits per heavy atom. The molecule has 3 heteroatoms. The van der Waals surface area contributed by atoms with E-state index in [1.807, 2.05) is 103 Å². The van der Waals surface area contributed by atoms with Crippen molar-refractivity contribution in [3.05, 3.63) is 125 Å². The molecular weight excluding hydrogens is 384 g/mol. The zero-order valence-electron chi connectivity index (χ0n) is 16.6. The molecule has 7 rings (SSSR count). The fourth-order valence-electron chi connectivity index (χ4n) is 5.52. The van der Waals surface area contributed by atoms with Crippen LogP contribution in [-0.2, 0) is 11.2 Å². The van der Waals surface area contributed by atoms with E-state index in [2.05, 4.69) is 0 Å². The molecule has 0 spiro atoms. The molecule has 0 amide bonds. The molecule has 1 aliphatic heterocycles. The summed E-state index contributed by atoms with van der Waals surface area (Å²) in [6.45, 7) is 0. The third-order valence-corrected chi connectivity index (χ3v) is 6.74. The Labute approximate surface area is 179 Å². The molecule has 1 aromatic heterocycles. The summed E-state index contributed by atoms with van der Waals surface area (Å²) in [4.78, 5) is 0. The van der Waals surface area contributed by atoms with Gasteiger partial charge in [0.15, 0.2) is 11.2 Å². The number of benzene rings is 4. The minimum Gasteiger partial charge on any atom is -0.474 e. The third kappa shape index (κ3) is 1.84. The summed E-state index contributed by atoms with van der Waals surface area (Å²) in [6, 6.07) is 33.8. The summed E-state index contributed by atoms with van der Waals surface area (Å²) in [5, 5.41) is 13.8. The van der Waals surface area contributed by atoms with Crippen LogP contribution in [0.1, 0.15) is 22.3 Å². The summed E-state index contributed by atoms with van der Waals surface area (Å²) in [5.41, 5.74) is 2.41. The molecule has 0 unspecified atom stereocenters. The van der Waals surface area contributed by atoms with Crippen LogP contribution in [0.25, 0.3) is 22.3 Å². The van der Waals surface area contributed by atoms with Crippen LogP contribution in [0.2, 0.25) is 0 Å². The van der Waals surface area contributed by atoms with Crippen molar-refractivity contribution >= 4 is 11.0 Å². The van der Waals surface area contributed by atoms with E-state index in [1.54, 1.807) is 0 Å². The number of para-hydroxylation sites is 2. The van der Waals surface area contributed by atoms with Crippen LogP contribution in [-0.4, -0.2) is 5.11 Å². The van der Waals surface area contributed by atoms with E-state index in [4.69, 9.17) is 9.15 Å². The Kier molecular flexibility index (Phi) is 3.09. The minimum absolute atomic E-state index is 0.682. The van der Waals surface area contributed by atoms with Gasteiger partial charge >= 0.3 is 0 Å². The van der Waals surface area contributed by atoms with Gasteiger partial charge < -0.3 is 14.3 Å². The van der Waals surface area contributed by atoms with Gasteiger partial charge in [0.25, 0.3) is 0 Å². The lowest BCUT2D eigenvalue weighted by Gasteiger charge is -2.45. The smallest absolute Gasteiger partial charge is 0.197 e. The highest BCUT2D eigenvalue weighted by Gasteiger charge is 2.67. The van der Waals surface area contributed by atoms with Gasteiger partial charge in [0.05, 0.1) is 0 Å². The van der Waals surface area contributed by atoms with Gasteiger partial charge in [-0.25, -0.2) is 0 Å². The lowest BCUT2D eigenvalue weighted by Crippen LogP contribution is -2.52. The van der Waals surface area contributed by atoms with Crippen LogP contribution in [0.15, 0.2) is 108 Å². The molecule has 5 aromatic rings. The van der Waals surface area contributed by atoms with Gasteiger partial charge in [-0.05, 0) is 12.1 Å². The summed E-state index contributed by atoms with van der Waals surface area (Å²) >= 11 is 0. The largest absolute Gasteiger partial charge is 0.474 e. The Morgan fingerprint density at radius 3 is 2.19 bits per heavy atom. The number of aliphatic hydroxyl groups is 1. The fraction of sp³-hybridized carbons (Fsp3) is 0.0714. The molecule has 1 aliphatic carbocycles. The van der Waals surface area contributed by atoms with Crippen molar-refractivity contribution in [2.24, 2.45) is 0 Å². The molecule has 2 atom stereocenters. The van der Waals surface area contributed by atoms with Gasteiger partial charge in [-0.3, -0.25) is 0 Å². The molecular formula is C28H18O3. The molecule has 2 heterocycles. The second kappa shape index (κ2) is 5.65. The second-order valence-electron chi connectivity index (χ2n) is 8.20. The SMILES string of the molecule is O[C@]12c3ccccc3O[C@@]1(c1ccccc1)c1ccccc1-c1oc3ccccc3c12. The molecule has 3 nitrogen and oxygen atoms in total. The Morgan fingerprint density at radius 2 is 1.32 bits per heavy atom. The summed E-state index contributed by atoms with van der Waals surface area (Å²) in [5.74, 6) is 1.38. The maximum absolute atomic E-state index is 12.9. The molecule has 4 aromatic carbocycles. The fourth-order valence-corrected chi connectivity index (χ4v) is 5.52. The van der Waals surface area contributed by atoms with Crippen molar-refractivity contribution in [1.82, 2.24) is 0 Å². The van der Waals surface area contributed by atoms with Crippen molar-refractivity contribution in [2.45, 2.75) is 11.2 Å². The van der Waals surface area contributed by atoms with Gasteiger partial charge in [-0.15, -0.1) is 0 Å². The molecule has 31 heavy (non-hydrogen) atoms. The van der Waals surface area contributed by atoms with E-state index in [1.165, 1.54) is 0 Å². The monoisotopic (exact) mass is 402 g/mol. The van der Waals surface area contributed by atoms with Crippen molar-refractivity contribution in [2.75, 3.05) is 0 Å². The highest BCUT2D eigenvalue weighted by Crippen LogP contribution is 2.65. The molecule has 0 bridgehead atoms. The number of furan rings is 1. The van der Waals surface area contributed by atoms with E-state index < -0.39 is 11.2 Å². The van der Waals surface area contributed by atoms with Crippen LogP contribution >= 0.6 is 0 Å². The lowest BCUT2D eigenvalue weighted by molar-refractivity contribution is -0.0672. The second-order valence-corrected chi connectivity index (χ2v) is 8.20. The summed E-state index contributed by atoms with van der Waals surface area (Å²) < 4.78 is 13.2. The van der Waals surface area contributed by atoms with Crippen molar-refractivity contribution in [3.8, 4) is 17.1 Å². The number of ether oxygens (including phenoxy) is 1. The normalized spacial score (nSPS) is 22.9. The van der Waals surface area contributed by atoms with Gasteiger partial charge in [-0.2, -0.15) is 0 Å². The average Bonchev–Trinajstić information content (AvgIpc) is 3.35. The standard InChI is InChI=1S/C28H18O3/c29-27-22-15-7-9-17-24(22)31-28(27,18-10-2-1-3-11-18)21-14-6-4-12-19(21)26-25(27)20-13-5-8-16-23(20)30-26/h1-17,29H/t27-,28-/m0/s1. The van der Waals surface area contributed by atoms with Crippen molar-refractivity contribution in [1.29, 1.82) is 0 Å². The van der Waals surface area contributed by atoms with E-state index in [0.29, 0.717) is 11.5 Å². The van der Waals surface area contributed by atoms with Crippen molar-refractivity contribution < 1.29 is 14.3 Å². The number of hydrogen-bond donors (Lipinski definition) is 1. The predicted molar refractivity (Wildman–Crippen MR) is 119 cm³/mol. The first-order chi connectivity index (χ1) is 15.2. The highest BCUT2D eigenvalue weighted by atomic mass is 16.5. The van der Waals surface area contributed by atoms with Crippen LogP contribution in [0.3, 0.4) is 0 Å². The Hall–Kier alpha value is -3.82. The first-order valence-corrected chi connectivity index (χ1v) is 10.4. The quantitative estimate of drug-likeness (QED) is 0.375. The van der Waals surface area contributed by atoms with E-state index in [-0.39, 0.29) is 0 Å². The summed E-state index contributed by atoms with van der Waals surface area (Å²) in [7, 11) is 0. The van der Waals surface area contributed by atoms with E-state index >= 15 is 0 Å². The maximum atomic E-state index is 12.9. The first kappa shape index (κ1) is 16.9. The molecule has 0 saturated carbocycles. The minimum atomic E-state index is -1.46. The predicted octanol–water partition coefficient (Wildman–Crippen LogP) is 5.99. The van der Waals surface area contributed by atoms with Gasteiger partial charge in [0.2, 0.25) is 0 Å². The molecule has 148 valence electrons. The molecule has 2 aliphatic rings. The lowest BCUT2D eigenvalue weighted by atomic mass is 9.62. The average molecular weight is 402 g/mol. The Balaban J connectivity index is 1.74. The van der Waals surface area contributed by atoms with Crippen LogP contribution < -0.4 is 4.74 Å². The van der Waals surface area contributed by atoms with Crippen LogP contribution in [0, 0.1) is 0 Å². The van der Waals surface area contributed by atoms with E-state index in [9.17, 15) is 5.11 Å². The number of rotatable bonds is 1. The Bertz CT molecular complexity index is 1480. The first-order valence-electron chi connectivity index (χ1n) is 10.4. The maximum Gasteiger partial charge on any atom is 0.197 e. The van der Waals surface area contributed by atoms with Crippen LogP contribution in [0.5, 0.6) is 5.75 Å². The topological polar surface area (TPSA) is 42.6 Å². The number of hydrogen-bond acceptors (Lipinski definition) is 3. The zero-order valence-corrected chi connectivity index (χ0v) is 16.6. The van der Waals surface area contributed by atoms with Gasteiger partial charge in [0.1, 0.15) is 17.1 Å². The van der Waals surface area contributed by atoms with Gasteiger partial charge in [0, 0.05) is 33.2 Å². The van der Waals surface area contributed by atoms with Crippen molar-refractivity contribution in [3.63, 3.8) is 0 Å². The molecule has 0 saturated heterocycles. The van der Waals surface area contributed by atoms with E-state index in [0.717, 1.165) is 38.8 Å². The highest BCUT2D eigenvalue weighted by molar-refractivity contribution is 5.94. The summed E-state index contributed by atoms with van der Waals surface area (Å²) in [6.07, 6.45) is 0. The molecule has 0 fully saturated rings. The zero-order chi connectivity index (χ0) is 20.6. The van der Waals surface area contributed by atoms with Crippen LogP contribution in [0.4, 0.5) is 0 Å². The molecule has 1 N–H and O–H groups in total. The van der Waals surface area contributed by atoms with Gasteiger partial charge in [-0.1, -0.05) is 91.0 Å². The third-order valence-electron chi connectivity index (χ3n) is 6.74. The molecule has 0 radical (unpaired) electrons. The number of fused-ring (bicyclic) bond motifs is 10.